The third-order valence-electron chi connectivity index (χ3n) is 2.49. The normalized spacial score (nSPS) is 16.7. The van der Waals surface area contributed by atoms with Crippen molar-refractivity contribution >= 4 is 29.4 Å². The van der Waals surface area contributed by atoms with Crippen LogP contribution in [0, 0.1) is 0 Å². The molecule has 0 unspecified atom stereocenters. The van der Waals surface area contributed by atoms with E-state index in [4.69, 9.17) is 0 Å². The number of H-pyrrole nitrogens is 1. The molecule has 0 atom stereocenters. The highest BCUT2D eigenvalue weighted by Gasteiger charge is 2.20. The average Bonchev–Trinajstić information content (AvgIpc) is 2.83. The van der Waals surface area contributed by atoms with Crippen LogP contribution in [0.5, 0.6) is 0 Å². The number of carbonyl (C=O) groups is 1. The number of rotatable bonds is 1. The molecule has 0 spiro atoms. The molecule has 0 bridgehead atoms. The maximum absolute atomic E-state index is 11.9. The Morgan fingerprint density at radius 3 is 2.82 bits per heavy atom. The summed E-state index contributed by atoms with van der Waals surface area (Å²) in [6, 6.07) is 11.6. The van der Waals surface area contributed by atoms with Crippen LogP contribution in [0.2, 0.25) is 0 Å². The van der Waals surface area contributed by atoms with Crippen LogP contribution in [-0.4, -0.2) is 10.9 Å². The molecular formula is C13H10N2OS. The molecule has 3 rings (SSSR count). The highest BCUT2D eigenvalue weighted by atomic mass is 32.2. The Kier molecular flexibility index (Phi) is 2.49. The summed E-state index contributed by atoms with van der Waals surface area (Å²) >= 11 is 1.49. The number of hydrogen-bond donors (Lipinski definition) is 2. The fourth-order valence-corrected chi connectivity index (χ4v) is 2.62. The lowest BCUT2D eigenvalue weighted by Gasteiger charge is -2.17. The third-order valence-corrected chi connectivity index (χ3v) is 3.59. The second kappa shape index (κ2) is 4.14. The molecule has 2 N–H and O–H groups in total. The predicted molar refractivity (Wildman–Crippen MR) is 69.7 cm³/mol. The topological polar surface area (TPSA) is 44.9 Å². The standard InChI is InChI=1S/C13H10N2OS/c16-13-12(8-9-4-3-7-14-9)17-11-6-2-1-5-10(11)15-13/h1-8,14H,(H,15,16). The number of aromatic amines is 1. The fraction of sp³-hybridized carbons (Fsp3) is 0. The first kappa shape index (κ1) is 10.2. The van der Waals surface area contributed by atoms with Gasteiger partial charge in [0.25, 0.3) is 5.91 Å². The van der Waals surface area contributed by atoms with Crippen molar-refractivity contribution in [2.24, 2.45) is 0 Å². The number of benzene rings is 1. The zero-order valence-corrected chi connectivity index (χ0v) is 9.75. The molecule has 4 heteroatoms. The van der Waals surface area contributed by atoms with E-state index in [-0.39, 0.29) is 5.91 Å². The lowest BCUT2D eigenvalue weighted by molar-refractivity contribution is -0.112. The molecule has 0 fully saturated rings. The summed E-state index contributed by atoms with van der Waals surface area (Å²) in [7, 11) is 0. The Morgan fingerprint density at radius 2 is 2.00 bits per heavy atom. The van der Waals surface area contributed by atoms with Crippen LogP contribution < -0.4 is 5.32 Å². The van der Waals surface area contributed by atoms with Gasteiger partial charge in [0, 0.05) is 16.8 Å². The van der Waals surface area contributed by atoms with Gasteiger partial charge in [-0.3, -0.25) is 4.79 Å². The predicted octanol–water partition coefficient (Wildman–Crippen LogP) is 3.10. The van der Waals surface area contributed by atoms with Gasteiger partial charge in [0.15, 0.2) is 0 Å². The average molecular weight is 242 g/mol. The molecule has 0 aliphatic carbocycles. The van der Waals surface area contributed by atoms with E-state index in [2.05, 4.69) is 10.3 Å². The van der Waals surface area contributed by atoms with Crippen molar-refractivity contribution in [2.45, 2.75) is 4.90 Å². The number of anilines is 1. The molecule has 2 aromatic rings. The molecule has 3 nitrogen and oxygen atoms in total. The first-order valence-corrected chi connectivity index (χ1v) is 6.08. The highest BCUT2D eigenvalue weighted by Crippen LogP contribution is 2.38. The van der Waals surface area contributed by atoms with Gasteiger partial charge < -0.3 is 10.3 Å². The van der Waals surface area contributed by atoms with Gasteiger partial charge in [-0.2, -0.15) is 0 Å². The molecule has 1 aliphatic heterocycles. The maximum atomic E-state index is 11.9. The fourth-order valence-electron chi connectivity index (χ4n) is 1.68. The zero-order chi connectivity index (χ0) is 11.7. The van der Waals surface area contributed by atoms with Crippen molar-refractivity contribution in [2.75, 3.05) is 5.32 Å². The van der Waals surface area contributed by atoms with Gasteiger partial charge in [-0.25, -0.2) is 0 Å². The monoisotopic (exact) mass is 242 g/mol. The van der Waals surface area contributed by atoms with E-state index < -0.39 is 0 Å². The molecule has 1 aromatic heterocycles. The van der Waals surface area contributed by atoms with E-state index >= 15 is 0 Å². The number of nitrogens with one attached hydrogen (secondary N) is 2. The van der Waals surface area contributed by atoms with Gasteiger partial charge in [-0.15, -0.1) is 0 Å². The molecule has 0 saturated carbocycles. The van der Waals surface area contributed by atoms with Gasteiger partial charge in [0.05, 0.1) is 10.6 Å². The van der Waals surface area contributed by atoms with Crippen LogP contribution in [0.3, 0.4) is 0 Å². The lowest BCUT2D eigenvalue weighted by Crippen LogP contribution is -2.17. The minimum atomic E-state index is -0.0525. The van der Waals surface area contributed by atoms with E-state index in [1.54, 1.807) is 0 Å². The van der Waals surface area contributed by atoms with E-state index in [1.165, 1.54) is 11.8 Å². The van der Waals surface area contributed by atoms with Crippen molar-refractivity contribution in [1.82, 2.24) is 4.98 Å². The molecule has 84 valence electrons. The Balaban J connectivity index is 1.97. The first-order chi connectivity index (χ1) is 8.33. The summed E-state index contributed by atoms with van der Waals surface area (Å²) in [6.07, 6.45) is 3.70. The van der Waals surface area contributed by atoms with Crippen molar-refractivity contribution in [3.8, 4) is 0 Å². The molecule has 17 heavy (non-hydrogen) atoms. The number of aromatic nitrogens is 1. The van der Waals surface area contributed by atoms with Crippen LogP contribution >= 0.6 is 11.8 Å². The maximum Gasteiger partial charge on any atom is 0.262 e. The molecule has 0 saturated heterocycles. The smallest absolute Gasteiger partial charge is 0.262 e. The van der Waals surface area contributed by atoms with Gasteiger partial charge in [-0.1, -0.05) is 23.9 Å². The van der Waals surface area contributed by atoms with Crippen molar-refractivity contribution in [1.29, 1.82) is 0 Å². The van der Waals surface area contributed by atoms with E-state index in [0.29, 0.717) is 4.91 Å². The third kappa shape index (κ3) is 1.99. The van der Waals surface area contributed by atoms with Crippen LogP contribution in [0.4, 0.5) is 5.69 Å². The Labute approximate surface area is 103 Å². The number of thioether (sulfide) groups is 1. The summed E-state index contributed by atoms with van der Waals surface area (Å²) < 4.78 is 0. The summed E-state index contributed by atoms with van der Waals surface area (Å²) in [5.41, 5.74) is 1.81. The highest BCUT2D eigenvalue weighted by molar-refractivity contribution is 8.04. The SMILES string of the molecule is O=C1Nc2ccccc2SC1=Cc1ccc[nH]1. The zero-order valence-electron chi connectivity index (χ0n) is 8.94. The largest absolute Gasteiger partial charge is 0.362 e. The van der Waals surface area contributed by atoms with Gasteiger partial charge >= 0.3 is 0 Å². The molecule has 0 radical (unpaired) electrons. The molecule has 1 aliphatic rings. The Hall–Kier alpha value is -1.94. The number of fused-ring (bicyclic) bond motifs is 1. The summed E-state index contributed by atoms with van der Waals surface area (Å²) in [6.45, 7) is 0. The van der Waals surface area contributed by atoms with E-state index in [0.717, 1.165) is 16.3 Å². The number of hydrogen-bond acceptors (Lipinski definition) is 2. The van der Waals surface area contributed by atoms with E-state index in [9.17, 15) is 4.79 Å². The van der Waals surface area contributed by atoms with Crippen LogP contribution in [0.1, 0.15) is 5.69 Å². The van der Waals surface area contributed by atoms with E-state index in [1.807, 2.05) is 48.7 Å². The second-order valence-electron chi connectivity index (χ2n) is 3.69. The molecule has 1 aromatic carbocycles. The Morgan fingerprint density at radius 1 is 1.12 bits per heavy atom. The quantitative estimate of drug-likeness (QED) is 0.755. The van der Waals surface area contributed by atoms with Gasteiger partial charge in [0.1, 0.15) is 0 Å². The number of carbonyl (C=O) groups excluding carboxylic acids is 1. The van der Waals surface area contributed by atoms with Crippen molar-refractivity contribution < 1.29 is 4.79 Å². The summed E-state index contributed by atoms with van der Waals surface area (Å²) in [5.74, 6) is -0.0525. The van der Waals surface area contributed by atoms with Gasteiger partial charge in [0.2, 0.25) is 0 Å². The molecular weight excluding hydrogens is 232 g/mol. The minimum Gasteiger partial charge on any atom is -0.362 e. The van der Waals surface area contributed by atoms with Crippen molar-refractivity contribution in [3.05, 3.63) is 53.2 Å². The summed E-state index contributed by atoms with van der Waals surface area (Å²) in [4.78, 5) is 16.7. The van der Waals surface area contributed by atoms with Gasteiger partial charge in [-0.05, 0) is 30.3 Å². The van der Waals surface area contributed by atoms with Crippen LogP contribution in [0.15, 0.2) is 52.4 Å². The lowest BCUT2D eigenvalue weighted by atomic mass is 10.3. The van der Waals surface area contributed by atoms with Crippen molar-refractivity contribution in [3.63, 3.8) is 0 Å². The Bertz CT molecular complexity index is 587. The van der Waals surface area contributed by atoms with Crippen LogP contribution in [0.25, 0.3) is 6.08 Å². The van der Waals surface area contributed by atoms with Crippen LogP contribution in [-0.2, 0) is 4.79 Å². The summed E-state index contributed by atoms with van der Waals surface area (Å²) in [5, 5.41) is 2.88. The number of amides is 1. The minimum absolute atomic E-state index is 0.0525. The molecule has 2 heterocycles. The first-order valence-electron chi connectivity index (χ1n) is 5.26. The molecule has 1 amide bonds. The number of para-hydroxylation sites is 1. The second-order valence-corrected chi connectivity index (χ2v) is 4.77.